The van der Waals surface area contributed by atoms with Crippen molar-refractivity contribution in [2.75, 3.05) is 7.11 Å². The molecule has 2 aromatic rings. The smallest absolute Gasteiger partial charge is 0.119 e. The van der Waals surface area contributed by atoms with Crippen LogP contribution in [0.5, 0.6) is 5.75 Å². The lowest BCUT2D eigenvalue weighted by molar-refractivity contribution is 0.415. The summed E-state index contributed by atoms with van der Waals surface area (Å²) < 4.78 is 6.34. The third-order valence-electron chi connectivity index (χ3n) is 1.60. The predicted octanol–water partition coefficient (Wildman–Crippen LogP) is 2.71. The summed E-state index contributed by atoms with van der Waals surface area (Å²) in [5.41, 5.74) is 0. The molecule has 1 radical (unpaired) electrons. The first-order valence-electron chi connectivity index (χ1n) is 3.34. The van der Waals surface area contributed by atoms with Gasteiger partial charge in [0.05, 0.1) is 7.11 Å². The Bertz CT molecular complexity index is 364. The molecule has 1 aromatic carbocycles. The first kappa shape index (κ1) is 6.68. The van der Waals surface area contributed by atoms with Crippen molar-refractivity contribution < 1.29 is 4.74 Å². The number of hydrogen-bond acceptors (Lipinski definition) is 2. The Labute approximate surface area is 69.2 Å². The molecule has 0 N–H and O–H groups in total. The minimum absolute atomic E-state index is 0.907. The zero-order valence-electron chi connectivity index (χ0n) is 6.13. The second-order valence-electron chi connectivity index (χ2n) is 2.27. The minimum atomic E-state index is 0.907. The quantitative estimate of drug-likeness (QED) is 0.628. The van der Waals surface area contributed by atoms with Gasteiger partial charge in [0.2, 0.25) is 0 Å². The van der Waals surface area contributed by atoms with Gasteiger partial charge < -0.3 is 4.74 Å². The van der Waals surface area contributed by atoms with Crippen molar-refractivity contribution in [3.05, 3.63) is 29.6 Å². The Morgan fingerprint density at radius 1 is 1.45 bits per heavy atom. The molecule has 1 nitrogen and oxygen atoms in total. The van der Waals surface area contributed by atoms with E-state index in [1.807, 2.05) is 18.2 Å². The van der Waals surface area contributed by atoms with Crippen LogP contribution in [-0.2, 0) is 0 Å². The molecule has 2 rings (SSSR count). The third-order valence-corrected chi connectivity index (χ3v) is 2.43. The summed E-state index contributed by atoms with van der Waals surface area (Å²) in [6, 6.07) is 8.01. The van der Waals surface area contributed by atoms with Gasteiger partial charge in [-0.1, -0.05) is 0 Å². The van der Waals surface area contributed by atoms with Gasteiger partial charge in [-0.2, -0.15) is 0 Å². The summed E-state index contributed by atoms with van der Waals surface area (Å²) in [5, 5.41) is 4.28. The van der Waals surface area contributed by atoms with Gasteiger partial charge in [0.15, 0.2) is 0 Å². The van der Waals surface area contributed by atoms with E-state index >= 15 is 0 Å². The van der Waals surface area contributed by atoms with Crippen LogP contribution in [0.4, 0.5) is 0 Å². The Hall–Kier alpha value is -1.02. The molecule has 2 heteroatoms. The molecule has 0 aliphatic carbocycles. The van der Waals surface area contributed by atoms with Crippen molar-refractivity contribution in [2.24, 2.45) is 0 Å². The van der Waals surface area contributed by atoms with Crippen LogP contribution in [0.2, 0.25) is 0 Å². The molecule has 1 heterocycles. The largest absolute Gasteiger partial charge is 0.497 e. The number of hydrogen-bond donors (Lipinski definition) is 0. The van der Waals surface area contributed by atoms with Crippen LogP contribution in [0.25, 0.3) is 10.1 Å². The van der Waals surface area contributed by atoms with Crippen LogP contribution in [0.1, 0.15) is 0 Å². The van der Waals surface area contributed by atoms with Crippen molar-refractivity contribution in [3.8, 4) is 5.75 Å². The van der Waals surface area contributed by atoms with Crippen molar-refractivity contribution in [1.29, 1.82) is 0 Å². The van der Waals surface area contributed by atoms with E-state index in [2.05, 4.69) is 11.4 Å². The fourth-order valence-corrected chi connectivity index (χ4v) is 1.70. The van der Waals surface area contributed by atoms with Crippen molar-refractivity contribution in [3.63, 3.8) is 0 Å². The maximum atomic E-state index is 5.08. The molecule has 0 atom stereocenters. The summed E-state index contributed by atoms with van der Waals surface area (Å²) in [6.45, 7) is 0. The predicted molar refractivity (Wildman–Crippen MR) is 47.2 cm³/mol. The second kappa shape index (κ2) is 2.55. The normalized spacial score (nSPS) is 10.3. The lowest BCUT2D eigenvalue weighted by Gasteiger charge is -1.97. The lowest BCUT2D eigenvalue weighted by atomic mass is 10.2. The van der Waals surface area contributed by atoms with E-state index in [9.17, 15) is 0 Å². The van der Waals surface area contributed by atoms with Gasteiger partial charge in [0, 0.05) is 10.1 Å². The molecule has 0 aliphatic heterocycles. The van der Waals surface area contributed by atoms with Crippen molar-refractivity contribution >= 4 is 21.4 Å². The Morgan fingerprint density at radius 2 is 2.36 bits per heavy atom. The Kier molecular flexibility index (Phi) is 1.55. The van der Waals surface area contributed by atoms with Gasteiger partial charge >= 0.3 is 0 Å². The average Bonchev–Trinajstić information content (AvgIpc) is 2.50. The van der Waals surface area contributed by atoms with Gasteiger partial charge in [-0.15, -0.1) is 11.3 Å². The first-order chi connectivity index (χ1) is 5.40. The highest BCUT2D eigenvalue weighted by Crippen LogP contribution is 2.24. The number of benzene rings is 1. The molecular weight excluding hydrogens is 156 g/mol. The Morgan fingerprint density at radius 3 is 3.18 bits per heavy atom. The molecule has 0 saturated carbocycles. The molecule has 0 fully saturated rings. The number of ether oxygens (including phenoxy) is 1. The molecule has 0 aliphatic rings. The highest BCUT2D eigenvalue weighted by molar-refractivity contribution is 7.16. The zero-order chi connectivity index (χ0) is 7.68. The summed E-state index contributed by atoms with van der Waals surface area (Å²) in [6.07, 6.45) is 0. The molecule has 0 spiro atoms. The van der Waals surface area contributed by atoms with Gasteiger partial charge in [0.1, 0.15) is 5.75 Å². The van der Waals surface area contributed by atoms with Gasteiger partial charge in [0.25, 0.3) is 0 Å². The SMILES string of the molecule is COc1ccc2s[c]cc2c1. The van der Waals surface area contributed by atoms with Crippen LogP contribution >= 0.6 is 11.3 Å². The molecule has 55 valence electrons. The minimum Gasteiger partial charge on any atom is -0.497 e. The number of rotatable bonds is 1. The van der Waals surface area contributed by atoms with Gasteiger partial charge in [-0.3, -0.25) is 0 Å². The van der Waals surface area contributed by atoms with E-state index in [1.54, 1.807) is 18.4 Å². The van der Waals surface area contributed by atoms with E-state index in [-0.39, 0.29) is 0 Å². The summed E-state index contributed by atoms with van der Waals surface area (Å²) in [7, 11) is 1.68. The maximum absolute atomic E-state index is 5.08. The van der Waals surface area contributed by atoms with Crippen molar-refractivity contribution in [2.45, 2.75) is 0 Å². The first-order valence-corrected chi connectivity index (χ1v) is 4.15. The number of thiophene rings is 1. The Balaban J connectivity index is 2.67. The molecule has 0 unspecified atom stereocenters. The van der Waals surface area contributed by atoms with Crippen LogP contribution in [-0.4, -0.2) is 7.11 Å². The van der Waals surface area contributed by atoms with Crippen LogP contribution in [0.15, 0.2) is 24.3 Å². The van der Waals surface area contributed by atoms with E-state index in [0.29, 0.717) is 0 Å². The summed E-state index contributed by atoms with van der Waals surface area (Å²) in [4.78, 5) is 0. The average molecular weight is 163 g/mol. The number of methoxy groups -OCH3 is 1. The number of fused-ring (bicyclic) bond motifs is 1. The second-order valence-corrected chi connectivity index (χ2v) is 3.15. The standard InChI is InChI=1S/C9H7OS/c1-10-8-2-3-9-7(6-8)4-5-11-9/h2-4,6H,1H3. The van der Waals surface area contributed by atoms with Crippen LogP contribution < -0.4 is 4.74 Å². The highest BCUT2D eigenvalue weighted by atomic mass is 32.1. The fraction of sp³-hybridized carbons (Fsp3) is 0.111. The summed E-state index contributed by atoms with van der Waals surface area (Å²) >= 11 is 1.63. The highest BCUT2D eigenvalue weighted by Gasteiger charge is 1.95. The molecular formula is C9H7OS. The lowest BCUT2D eigenvalue weighted by Crippen LogP contribution is -1.79. The van der Waals surface area contributed by atoms with E-state index < -0.39 is 0 Å². The molecule has 1 aromatic heterocycles. The molecule has 11 heavy (non-hydrogen) atoms. The zero-order valence-corrected chi connectivity index (χ0v) is 6.94. The molecule has 0 amide bonds. The van der Waals surface area contributed by atoms with E-state index in [0.717, 1.165) is 5.75 Å². The van der Waals surface area contributed by atoms with Gasteiger partial charge in [-0.25, -0.2) is 0 Å². The van der Waals surface area contributed by atoms with Gasteiger partial charge in [-0.05, 0) is 29.7 Å². The maximum Gasteiger partial charge on any atom is 0.119 e. The van der Waals surface area contributed by atoms with Crippen LogP contribution in [0, 0.1) is 5.38 Å². The third kappa shape index (κ3) is 1.10. The monoisotopic (exact) mass is 163 g/mol. The molecule has 0 saturated heterocycles. The fourth-order valence-electron chi connectivity index (χ4n) is 1.02. The van der Waals surface area contributed by atoms with Crippen LogP contribution in [0.3, 0.4) is 0 Å². The van der Waals surface area contributed by atoms with E-state index in [1.165, 1.54) is 10.1 Å². The topological polar surface area (TPSA) is 9.23 Å². The summed E-state index contributed by atoms with van der Waals surface area (Å²) in [5.74, 6) is 0.907. The van der Waals surface area contributed by atoms with Crippen molar-refractivity contribution in [1.82, 2.24) is 0 Å². The van der Waals surface area contributed by atoms with E-state index in [4.69, 9.17) is 4.74 Å². The molecule has 0 bridgehead atoms.